The van der Waals surface area contributed by atoms with Crippen LogP contribution in [0, 0.1) is 0 Å². The average Bonchev–Trinajstić information content (AvgIpc) is 2.31. The number of rotatable bonds is 0. The summed E-state index contributed by atoms with van der Waals surface area (Å²) in [6.45, 7) is 0. The number of aromatic nitrogens is 1. The van der Waals surface area contributed by atoms with Crippen molar-refractivity contribution >= 4 is 5.78 Å². The first-order chi connectivity index (χ1) is 8.00. The molecule has 1 fully saturated rings. The van der Waals surface area contributed by atoms with E-state index in [4.69, 9.17) is 0 Å². The molecule has 1 aromatic heterocycles. The summed E-state index contributed by atoms with van der Waals surface area (Å²) in [6, 6.07) is 3.67. The second-order valence-corrected chi connectivity index (χ2v) is 3.81. The lowest BCUT2D eigenvalue weighted by molar-refractivity contribution is -0.141. The van der Waals surface area contributed by atoms with Crippen molar-refractivity contribution in [2.45, 2.75) is 38.3 Å². The average molecular weight is 245 g/mol. The summed E-state index contributed by atoms with van der Waals surface area (Å²) in [5.74, 6) is 0.464. The van der Waals surface area contributed by atoms with E-state index in [2.05, 4.69) is 4.98 Å². The molecule has 0 radical (unpaired) electrons. The van der Waals surface area contributed by atoms with Crippen LogP contribution in [0.25, 0.3) is 0 Å². The van der Waals surface area contributed by atoms with Crippen LogP contribution >= 0.6 is 0 Å². The molecule has 1 saturated carbocycles. The smallest absolute Gasteiger partial charge is 0.300 e. The molecule has 0 bridgehead atoms. The Balaban J connectivity index is 0.000000181. The Morgan fingerprint density at radius 1 is 1.06 bits per heavy atom. The van der Waals surface area contributed by atoms with Crippen molar-refractivity contribution in [2.24, 2.45) is 0 Å². The fourth-order valence-corrected chi connectivity index (χ4v) is 1.48. The molecule has 0 spiro atoms. The molecule has 0 aliphatic heterocycles. The summed E-state index contributed by atoms with van der Waals surface area (Å²) in [5, 5.41) is 0. The Labute approximate surface area is 97.9 Å². The van der Waals surface area contributed by atoms with E-state index in [0.717, 1.165) is 37.9 Å². The number of carbonyl (C=O) groups excluding carboxylic acids is 1. The van der Waals surface area contributed by atoms with Crippen LogP contribution in [0.4, 0.5) is 13.2 Å². The third-order valence-electron chi connectivity index (χ3n) is 2.37. The number of carbonyl (C=O) groups is 1. The Morgan fingerprint density at radius 2 is 1.71 bits per heavy atom. The summed E-state index contributed by atoms with van der Waals surface area (Å²) in [7, 11) is 0. The predicted octanol–water partition coefficient (Wildman–Crippen LogP) is 3.62. The molecule has 0 atom stereocenters. The number of Topliss-reactive ketones (excluding diaryl/α,β-unsaturated/α-hetero) is 1. The standard InChI is InChI=1S/C6H4F3N.C6H10O/c7-6(8,9)5-3-1-2-4-10-5;7-6-4-2-1-3-5-6/h1-4H;1-5H2. The lowest BCUT2D eigenvalue weighted by atomic mass is 10.00. The minimum absolute atomic E-state index is 0.464. The molecule has 1 aliphatic rings. The zero-order valence-corrected chi connectivity index (χ0v) is 9.33. The van der Waals surface area contributed by atoms with E-state index < -0.39 is 11.9 Å². The summed E-state index contributed by atoms with van der Waals surface area (Å²) in [5.41, 5.74) is -0.852. The van der Waals surface area contributed by atoms with Gasteiger partial charge in [0.15, 0.2) is 0 Å². The number of ketones is 1. The second kappa shape index (κ2) is 6.37. The van der Waals surface area contributed by atoms with Gasteiger partial charge in [-0.15, -0.1) is 0 Å². The van der Waals surface area contributed by atoms with Crippen LogP contribution in [0.5, 0.6) is 0 Å². The lowest BCUT2D eigenvalue weighted by Crippen LogP contribution is -2.06. The summed E-state index contributed by atoms with van der Waals surface area (Å²) in [4.78, 5) is 13.6. The minimum atomic E-state index is -4.32. The molecule has 2 rings (SSSR count). The highest BCUT2D eigenvalue weighted by Gasteiger charge is 2.31. The molecule has 0 aromatic carbocycles. The van der Waals surface area contributed by atoms with Crippen LogP contribution in [-0.2, 0) is 11.0 Å². The number of pyridine rings is 1. The van der Waals surface area contributed by atoms with Crippen LogP contribution in [0.3, 0.4) is 0 Å². The van der Waals surface area contributed by atoms with E-state index in [-0.39, 0.29) is 0 Å². The summed E-state index contributed by atoms with van der Waals surface area (Å²) >= 11 is 0. The Morgan fingerprint density at radius 3 is 2.00 bits per heavy atom. The first kappa shape index (κ1) is 13.7. The van der Waals surface area contributed by atoms with E-state index in [1.165, 1.54) is 18.6 Å². The Hall–Kier alpha value is -1.39. The molecular weight excluding hydrogens is 231 g/mol. The second-order valence-electron chi connectivity index (χ2n) is 3.81. The van der Waals surface area contributed by atoms with Crippen LogP contribution in [-0.4, -0.2) is 10.8 Å². The molecule has 0 amide bonds. The van der Waals surface area contributed by atoms with Gasteiger partial charge in [-0.2, -0.15) is 13.2 Å². The van der Waals surface area contributed by atoms with Crippen molar-refractivity contribution in [3.05, 3.63) is 30.1 Å². The Bertz CT molecular complexity index is 341. The molecule has 1 aliphatic carbocycles. The first-order valence-electron chi connectivity index (χ1n) is 5.50. The normalized spacial score (nSPS) is 16.1. The van der Waals surface area contributed by atoms with Gasteiger partial charge in [-0.3, -0.25) is 9.78 Å². The zero-order chi connectivity index (χ0) is 12.7. The SMILES string of the molecule is FC(F)(F)c1ccccn1.O=C1CCCCC1. The van der Waals surface area contributed by atoms with E-state index in [1.54, 1.807) is 0 Å². The van der Waals surface area contributed by atoms with Gasteiger partial charge in [0, 0.05) is 19.0 Å². The molecule has 5 heteroatoms. The maximum absolute atomic E-state index is 11.7. The number of alkyl halides is 3. The van der Waals surface area contributed by atoms with Gasteiger partial charge in [0.2, 0.25) is 0 Å². The van der Waals surface area contributed by atoms with Crippen LogP contribution in [0.1, 0.15) is 37.8 Å². The highest BCUT2D eigenvalue weighted by atomic mass is 19.4. The predicted molar refractivity (Wildman–Crippen MR) is 57.3 cm³/mol. The maximum atomic E-state index is 11.7. The van der Waals surface area contributed by atoms with Gasteiger partial charge in [0.25, 0.3) is 0 Å². The van der Waals surface area contributed by atoms with Gasteiger partial charge in [0.1, 0.15) is 11.5 Å². The molecule has 2 nitrogen and oxygen atoms in total. The molecule has 94 valence electrons. The van der Waals surface area contributed by atoms with E-state index >= 15 is 0 Å². The largest absolute Gasteiger partial charge is 0.433 e. The van der Waals surface area contributed by atoms with Crippen molar-refractivity contribution in [3.63, 3.8) is 0 Å². The lowest BCUT2D eigenvalue weighted by Gasteiger charge is -2.05. The van der Waals surface area contributed by atoms with Gasteiger partial charge < -0.3 is 0 Å². The molecular formula is C12H14F3NO. The number of nitrogens with zero attached hydrogens (tertiary/aromatic N) is 1. The monoisotopic (exact) mass is 245 g/mol. The molecule has 17 heavy (non-hydrogen) atoms. The molecule has 0 saturated heterocycles. The van der Waals surface area contributed by atoms with Gasteiger partial charge >= 0.3 is 6.18 Å². The quantitative estimate of drug-likeness (QED) is 0.698. The van der Waals surface area contributed by atoms with Crippen LogP contribution < -0.4 is 0 Å². The van der Waals surface area contributed by atoms with Gasteiger partial charge in [-0.25, -0.2) is 0 Å². The summed E-state index contributed by atoms with van der Waals surface area (Å²) < 4.78 is 35.2. The third-order valence-corrected chi connectivity index (χ3v) is 2.37. The van der Waals surface area contributed by atoms with Crippen molar-refractivity contribution in [3.8, 4) is 0 Å². The fraction of sp³-hybridized carbons (Fsp3) is 0.500. The zero-order valence-electron chi connectivity index (χ0n) is 9.33. The van der Waals surface area contributed by atoms with Crippen molar-refractivity contribution in [1.82, 2.24) is 4.98 Å². The molecule has 0 unspecified atom stereocenters. The number of hydrogen-bond acceptors (Lipinski definition) is 2. The maximum Gasteiger partial charge on any atom is 0.433 e. The van der Waals surface area contributed by atoms with Gasteiger partial charge in [-0.1, -0.05) is 12.5 Å². The number of halogens is 3. The minimum Gasteiger partial charge on any atom is -0.300 e. The fourth-order valence-electron chi connectivity index (χ4n) is 1.48. The molecule has 1 aromatic rings. The Kier molecular flexibility index (Phi) is 5.12. The highest BCUT2D eigenvalue weighted by Crippen LogP contribution is 2.26. The third kappa shape index (κ3) is 5.47. The van der Waals surface area contributed by atoms with Crippen molar-refractivity contribution < 1.29 is 18.0 Å². The van der Waals surface area contributed by atoms with Crippen LogP contribution in [0.2, 0.25) is 0 Å². The van der Waals surface area contributed by atoms with E-state index in [9.17, 15) is 18.0 Å². The first-order valence-corrected chi connectivity index (χ1v) is 5.50. The number of hydrogen-bond donors (Lipinski definition) is 0. The van der Waals surface area contributed by atoms with E-state index in [1.807, 2.05) is 0 Å². The van der Waals surface area contributed by atoms with Gasteiger partial charge in [-0.05, 0) is 25.0 Å². The molecule has 0 N–H and O–H groups in total. The van der Waals surface area contributed by atoms with Crippen molar-refractivity contribution in [1.29, 1.82) is 0 Å². The summed E-state index contributed by atoms with van der Waals surface area (Å²) in [6.07, 6.45) is 2.04. The van der Waals surface area contributed by atoms with Gasteiger partial charge in [0.05, 0.1) is 0 Å². The van der Waals surface area contributed by atoms with Crippen LogP contribution in [0.15, 0.2) is 24.4 Å². The topological polar surface area (TPSA) is 30.0 Å². The molecule has 1 heterocycles. The highest BCUT2D eigenvalue weighted by molar-refractivity contribution is 5.78. The van der Waals surface area contributed by atoms with Crippen molar-refractivity contribution in [2.75, 3.05) is 0 Å². The van der Waals surface area contributed by atoms with E-state index in [0.29, 0.717) is 5.78 Å².